The Morgan fingerprint density at radius 3 is 2.24 bits per heavy atom. The van der Waals surface area contributed by atoms with Gasteiger partial charge in [-0.3, -0.25) is 19.3 Å². The molecule has 1 aromatic rings. The zero-order valence-corrected chi connectivity index (χ0v) is 14.5. The summed E-state index contributed by atoms with van der Waals surface area (Å²) in [5, 5.41) is 0. The van der Waals surface area contributed by atoms with Crippen LogP contribution < -0.4 is 9.47 Å². The van der Waals surface area contributed by atoms with Crippen LogP contribution in [0.4, 0.5) is 0 Å². The van der Waals surface area contributed by atoms with Crippen molar-refractivity contribution in [3.8, 4) is 11.5 Å². The van der Waals surface area contributed by atoms with Gasteiger partial charge in [-0.2, -0.15) is 0 Å². The van der Waals surface area contributed by atoms with Crippen LogP contribution in [0, 0.1) is 0 Å². The Bertz CT molecular complexity index is 681. The van der Waals surface area contributed by atoms with Crippen molar-refractivity contribution in [1.29, 1.82) is 0 Å². The minimum absolute atomic E-state index is 0.137. The van der Waals surface area contributed by atoms with Crippen LogP contribution in [0.1, 0.15) is 37.0 Å². The number of likely N-dealkylation sites (tertiary alicyclic amines) is 2. The molecule has 0 aromatic heterocycles. The number of ether oxygens (including phenoxy) is 2. The summed E-state index contributed by atoms with van der Waals surface area (Å²) in [4.78, 5) is 39.1. The van der Waals surface area contributed by atoms with E-state index in [0.29, 0.717) is 43.4 Å². The Morgan fingerprint density at radius 1 is 1.04 bits per heavy atom. The maximum absolute atomic E-state index is 12.6. The average molecular weight is 346 g/mol. The maximum atomic E-state index is 12.6. The van der Waals surface area contributed by atoms with Gasteiger partial charge in [0.25, 0.3) is 5.91 Å². The lowest BCUT2D eigenvalue weighted by Gasteiger charge is -2.43. The minimum Gasteiger partial charge on any atom is -0.490 e. The Balaban J connectivity index is 1.67. The van der Waals surface area contributed by atoms with Gasteiger partial charge in [0.2, 0.25) is 11.8 Å². The second kappa shape index (κ2) is 7.13. The molecule has 0 aliphatic carbocycles. The molecular weight excluding hydrogens is 324 g/mol. The summed E-state index contributed by atoms with van der Waals surface area (Å²) in [6, 6.07) is 4.92. The van der Waals surface area contributed by atoms with Crippen molar-refractivity contribution < 1.29 is 23.9 Å². The van der Waals surface area contributed by atoms with Gasteiger partial charge in [-0.05, 0) is 32.0 Å². The molecule has 0 atom stereocenters. The van der Waals surface area contributed by atoms with E-state index >= 15 is 0 Å². The Hall–Kier alpha value is -2.57. The van der Waals surface area contributed by atoms with Gasteiger partial charge in [-0.1, -0.05) is 0 Å². The third-order valence-electron chi connectivity index (χ3n) is 4.40. The van der Waals surface area contributed by atoms with Crippen molar-refractivity contribution in [3.05, 3.63) is 23.8 Å². The van der Waals surface area contributed by atoms with E-state index in [1.54, 1.807) is 23.1 Å². The fourth-order valence-corrected chi connectivity index (χ4v) is 3.15. The number of hydrogen-bond donors (Lipinski definition) is 0. The Labute approximate surface area is 146 Å². The number of amides is 3. The SMILES string of the molecule is CCOc1ccc(C(=O)N2CC(N3C(=O)CCC3=O)C2)cc1OCC. The highest BCUT2D eigenvalue weighted by atomic mass is 16.5. The molecule has 0 N–H and O–H groups in total. The van der Waals surface area contributed by atoms with Crippen LogP contribution in [-0.4, -0.2) is 59.9 Å². The van der Waals surface area contributed by atoms with Gasteiger partial charge < -0.3 is 14.4 Å². The molecule has 3 amide bonds. The van der Waals surface area contributed by atoms with Gasteiger partial charge in [-0.15, -0.1) is 0 Å². The van der Waals surface area contributed by atoms with Gasteiger partial charge in [-0.25, -0.2) is 0 Å². The molecule has 2 fully saturated rings. The normalized spacial score (nSPS) is 17.7. The lowest BCUT2D eigenvalue weighted by atomic mass is 10.0. The Kier molecular flexibility index (Phi) is 4.92. The zero-order chi connectivity index (χ0) is 18.0. The van der Waals surface area contributed by atoms with E-state index < -0.39 is 0 Å². The van der Waals surface area contributed by atoms with Gasteiger partial charge in [0, 0.05) is 31.5 Å². The molecule has 0 saturated carbocycles. The fraction of sp³-hybridized carbons (Fsp3) is 0.500. The summed E-state index contributed by atoms with van der Waals surface area (Å²) >= 11 is 0. The first-order chi connectivity index (χ1) is 12.0. The van der Waals surface area contributed by atoms with Crippen LogP contribution in [-0.2, 0) is 9.59 Å². The third-order valence-corrected chi connectivity index (χ3v) is 4.40. The molecule has 0 bridgehead atoms. The summed E-state index contributed by atoms with van der Waals surface area (Å²) < 4.78 is 11.1. The van der Waals surface area contributed by atoms with Gasteiger partial charge in [0.1, 0.15) is 0 Å². The minimum atomic E-state index is -0.194. The van der Waals surface area contributed by atoms with Gasteiger partial charge in [0.15, 0.2) is 11.5 Å². The number of carbonyl (C=O) groups excluding carboxylic acids is 3. The number of imide groups is 1. The number of nitrogens with zero attached hydrogens (tertiary/aromatic N) is 2. The van der Waals surface area contributed by atoms with E-state index in [1.807, 2.05) is 13.8 Å². The molecule has 7 heteroatoms. The van der Waals surface area contributed by atoms with Crippen molar-refractivity contribution >= 4 is 17.7 Å². The molecular formula is C18H22N2O5. The molecule has 1 aromatic carbocycles. The van der Waals surface area contributed by atoms with Crippen LogP contribution in [0.15, 0.2) is 18.2 Å². The number of carbonyl (C=O) groups is 3. The van der Waals surface area contributed by atoms with Crippen molar-refractivity contribution in [2.24, 2.45) is 0 Å². The highest BCUT2D eigenvalue weighted by Gasteiger charge is 2.42. The smallest absolute Gasteiger partial charge is 0.254 e. The summed E-state index contributed by atoms with van der Waals surface area (Å²) in [5.74, 6) is 0.732. The summed E-state index contributed by atoms with van der Waals surface area (Å²) in [5.41, 5.74) is 0.504. The van der Waals surface area contributed by atoms with Crippen LogP contribution in [0.25, 0.3) is 0 Å². The topological polar surface area (TPSA) is 76.2 Å². The van der Waals surface area contributed by atoms with Crippen molar-refractivity contribution in [1.82, 2.24) is 9.80 Å². The second-order valence-electron chi connectivity index (χ2n) is 6.05. The first kappa shape index (κ1) is 17.3. The van der Waals surface area contributed by atoms with Crippen LogP contribution in [0.3, 0.4) is 0 Å². The molecule has 25 heavy (non-hydrogen) atoms. The lowest BCUT2D eigenvalue weighted by molar-refractivity contribution is -0.144. The first-order valence-corrected chi connectivity index (χ1v) is 8.59. The molecule has 2 heterocycles. The maximum Gasteiger partial charge on any atom is 0.254 e. The number of rotatable bonds is 6. The quantitative estimate of drug-likeness (QED) is 0.729. The molecule has 2 aliphatic heterocycles. The highest BCUT2D eigenvalue weighted by Crippen LogP contribution is 2.30. The van der Waals surface area contributed by atoms with Crippen LogP contribution in [0.2, 0.25) is 0 Å². The van der Waals surface area contributed by atoms with Crippen LogP contribution in [0.5, 0.6) is 11.5 Å². The molecule has 0 spiro atoms. The highest BCUT2D eigenvalue weighted by molar-refractivity contribution is 6.03. The lowest BCUT2D eigenvalue weighted by Crippen LogP contribution is -2.62. The first-order valence-electron chi connectivity index (χ1n) is 8.59. The van der Waals surface area contributed by atoms with E-state index in [4.69, 9.17) is 9.47 Å². The summed E-state index contributed by atoms with van der Waals surface area (Å²) in [6.07, 6.45) is 0.555. The average Bonchev–Trinajstić information content (AvgIpc) is 2.88. The molecule has 2 aliphatic rings. The van der Waals surface area contributed by atoms with E-state index in [1.165, 1.54) is 4.90 Å². The van der Waals surface area contributed by atoms with E-state index in [2.05, 4.69) is 0 Å². The van der Waals surface area contributed by atoms with Gasteiger partial charge in [0.05, 0.1) is 19.3 Å². The monoisotopic (exact) mass is 346 g/mol. The molecule has 2 saturated heterocycles. The van der Waals surface area contributed by atoms with Crippen molar-refractivity contribution in [3.63, 3.8) is 0 Å². The van der Waals surface area contributed by atoms with Crippen molar-refractivity contribution in [2.45, 2.75) is 32.7 Å². The van der Waals surface area contributed by atoms with Crippen molar-refractivity contribution in [2.75, 3.05) is 26.3 Å². The zero-order valence-electron chi connectivity index (χ0n) is 14.5. The summed E-state index contributed by atoms with van der Waals surface area (Å²) in [7, 11) is 0. The second-order valence-corrected chi connectivity index (χ2v) is 6.05. The predicted molar refractivity (Wildman–Crippen MR) is 89.6 cm³/mol. The molecule has 0 radical (unpaired) electrons. The molecule has 7 nitrogen and oxygen atoms in total. The summed E-state index contributed by atoms with van der Waals surface area (Å²) in [6.45, 7) is 5.51. The van der Waals surface area contributed by atoms with Crippen LogP contribution >= 0.6 is 0 Å². The third kappa shape index (κ3) is 3.31. The molecule has 134 valence electrons. The predicted octanol–water partition coefficient (Wildman–Crippen LogP) is 1.46. The van der Waals surface area contributed by atoms with Gasteiger partial charge >= 0.3 is 0 Å². The van der Waals surface area contributed by atoms with E-state index in [0.717, 1.165) is 0 Å². The fourth-order valence-electron chi connectivity index (χ4n) is 3.15. The number of benzene rings is 1. The molecule has 0 unspecified atom stereocenters. The standard InChI is InChI=1S/C18H22N2O5/c1-3-24-14-6-5-12(9-15(14)25-4-2)18(23)19-10-13(11-19)20-16(21)7-8-17(20)22/h5-6,9,13H,3-4,7-8,10-11H2,1-2H3. The Morgan fingerprint density at radius 2 is 1.64 bits per heavy atom. The van der Waals surface area contributed by atoms with E-state index in [9.17, 15) is 14.4 Å². The largest absolute Gasteiger partial charge is 0.490 e. The number of hydrogen-bond acceptors (Lipinski definition) is 5. The molecule has 3 rings (SSSR count). The van der Waals surface area contributed by atoms with E-state index in [-0.39, 0.29) is 36.6 Å².